The summed E-state index contributed by atoms with van der Waals surface area (Å²) in [6, 6.07) is 8.78. The van der Waals surface area contributed by atoms with Gasteiger partial charge in [-0.3, -0.25) is 25.2 Å². The van der Waals surface area contributed by atoms with Crippen LogP contribution in [-0.2, 0) is 16.0 Å². The minimum absolute atomic E-state index is 0.0555. The number of carbonyl (C=O) groups is 3. The molecule has 2 aromatic rings. The zero-order chi connectivity index (χ0) is 20.5. The SMILES string of the molecule is CCc1sc(C(=O)NNC(=O)CSCC(=O)Nc2ccc(OC)cc2)cc1C. The predicted octanol–water partition coefficient (Wildman–Crippen LogP) is 2.76. The van der Waals surface area contributed by atoms with Crippen LogP contribution in [0.5, 0.6) is 5.75 Å². The lowest BCUT2D eigenvalue weighted by Gasteiger charge is -2.07. The van der Waals surface area contributed by atoms with Gasteiger partial charge in [0.05, 0.1) is 23.5 Å². The molecule has 2 rings (SSSR count). The number of nitrogens with one attached hydrogen (secondary N) is 3. The largest absolute Gasteiger partial charge is 0.497 e. The highest BCUT2D eigenvalue weighted by atomic mass is 32.2. The summed E-state index contributed by atoms with van der Waals surface area (Å²) < 4.78 is 5.06. The molecular weight excluding hydrogens is 398 g/mol. The van der Waals surface area contributed by atoms with Gasteiger partial charge in [0, 0.05) is 10.6 Å². The van der Waals surface area contributed by atoms with Gasteiger partial charge in [0.1, 0.15) is 5.75 Å². The van der Waals surface area contributed by atoms with E-state index in [0.29, 0.717) is 16.3 Å². The Labute approximate surface area is 172 Å². The van der Waals surface area contributed by atoms with Crippen molar-refractivity contribution in [1.82, 2.24) is 10.9 Å². The number of thiophene rings is 1. The molecule has 0 bridgehead atoms. The molecule has 9 heteroatoms. The summed E-state index contributed by atoms with van der Waals surface area (Å²) in [5.74, 6) is -0.0527. The minimum atomic E-state index is -0.375. The topological polar surface area (TPSA) is 96.5 Å². The Bertz CT molecular complexity index is 834. The lowest BCUT2D eigenvalue weighted by molar-refractivity contribution is -0.119. The van der Waals surface area contributed by atoms with Crippen LogP contribution in [0.1, 0.15) is 27.0 Å². The van der Waals surface area contributed by atoms with Crippen molar-refractivity contribution in [3.63, 3.8) is 0 Å². The molecular formula is C19H23N3O4S2. The van der Waals surface area contributed by atoms with Crippen LogP contribution < -0.4 is 20.9 Å². The van der Waals surface area contributed by atoms with E-state index in [0.717, 1.165) is 28.6 Å². The number of thioether (sulfide) groups is 1. The second-order valence-corrected chi connectivity index (χ2v) is 7.96. The van der Waals surface area contributed by atoms with Gasteiger partial charge in [-0.25, -0.2) is 0 Å². The van der Waals surface area contributed by atoms with Crippen molar-refractivity contribution in [1.29, 1.82) is 0 Å². The Balaban J connectivity index is 1.67. The van der Waals surface area contributed by atoms with Crippen molar-refractivity contribution in [2.75, 3.05) is 23.9 Å². The Kier molecular flexibility index (Phi) is 8.34. The van der Waals surface area contributed by atoms with Gasteiger partial charge in [0.2, 0.25) is 11.8 Å². The van der Waals surface area contributed by atoms with Gasteiger partial charge in [-0.2, -0.15) is 0 Å². The molecule has 0 saturated carbocycles. The summed E-state index contributed by atoms with van der Waals surface area (Å²) >= 11 is 2.57. The van der Waals surface area contributed by atoms with Crippen molar-refractivity contribution in [3.8, 4) is 5.75 Å². The molecule has 0 unspecified atom stereocenters. The lowest BCUT2D eigenvalue weighted by atomic mass is 10.2. The van der Waals surface area contributed by atoms with Crippen molar-refractivity contribution in [3.05, 3.63) is 45.6 Å². The molecule has 1 aromatic carbocycles. The number of amides is 3. The zero-order valence-electron chi connectivity index (χ0n) is 16.0. The van der Waals surface area contributed by atoms with Gasteiger partial charge in [-0.15, -0.1) is 23.1 Å². The summed E-state index contributed by atoms with van der Waals surface area (Å²) in [6.07, 6.45) is 0.866. The predicted molar refractivity (Wildman–Crippen MR) is 113 cm³/mol. The average Bonchev–Trinajstić information content (AvgIpc) is 3.07. The van der Waals surface area contributed by atoms with Crippen LogP contribution in [0.4, 0.5) is 5.69 Å². The fraction of sp³-hybridized carbons (Fsp3) is 0.316. The summed E-state index contributed by atoms with van der Waals surface area (Å²) in [5, 5.41) is 2.74. The highest BCUT2D eigenvalue weighted by molar-refractivity contribution is 8.00. The van der Waals surface area contributed by atoms with E-state index < -0.39 is 0 Å². The van der Waals surface area contributed by atoms with E-state index in [4.69, 9.17) is 4.74 Å². The van der Waals surface area contributed by atoms with E-state index in [1.54, 1.807) is 31.4 Å². The third kappa shape index (κ3) is 6.58. The first-order valence-electron chi connectivity index (χ1n) is 8.63. The molecule has 1 heterocycles. The molecule has 0 spiro atoms. The molecule has 3 N–H and O–H groups in total. The zero-order valence-corrected chi connectivity index (χ0v) is 17.6. The van der Waals surface area contributed by atoms with E-state index in [-0.39, 0.29) is 29.2 Å². The number of rotatable bonds is 8. The molecule has 150 valence electrons. The van der Waals surface area contributed by atoms with E-state index in [1.807, 2.05) is 19.9 Å². The van der Waals surface area contributed by atoms with Crippen LogP contribution in [0.2, 0.25) is 0 Å². The first kappa shape index (κ1) is 21.8. The molecule has 0 aliphatic heterocycles. The Morgan fingerprint density at radius 2 is 1.75 bits per heavy atom. The van der Waals surface area contributed by atoms with Gasteiger partial charge in [0.15, 0.2) is 0 Å². The van der Waals surface area contributed by atoms with Gasteiger partial charge in [-0.05, 0) is 49.2 Å². The number of methoxy groups -OCH3 is 1. The number of ether oxygens (including phenoxy) is 1. The standard InChI is InChI=1S/C19H23N3O4S2/c1-4-15-12(2)9-16(28-15)19(25)22-21-18(24)11-27-10-17(23)20-13-5-7-14(26-3)8-6-13/h5-9H,4,10-11H2,1-3H3,(H,20,23)(H,21,24)(H,22,25). The number of benzene rings is 1. The normalized spacial score (nSPS) is 10.2. The van der Waals surface area contributed by atoms with Crippen molar-refractivity contribution < 1.29 is 19.1 Å². The summed E-state index contributed by atoms with van der Waals surface area (Å²) in [5.41, 5.74) is 6.49. The molecule has 0 radical (unpaired) electrons. The molecule has 1 aromatic heterocycles. The average molecular weight is 422 g/mol. The number of hydrogen-bond acceptors (Lipinski definition) is 6. The van der Waals surface area contributed by atoms with Crippen LogP contribution in [0, 0.1) is 6.92 Å². The number of carbonyl (C=O) groups excluding carboxylic acids is 3. The smallest absolute Gasteiger partial charge is 0.279 e. The molecule has 28 heavy (non-hydrogen) atoms. The van der Waals surface area contributed by atoms with Crippen molar-refractivity contribution in [2.24, 2.45) is 0 Å². The van der Waals surface area contributed by atoms with Crippen LogP contribution >= 0.6 is 23.1 Å². The Hall–Kier alpha value is -2.52. The first-order valence-corrected chi connectivity index (χ1v) is 10.6. The Morgan fingerprint density at radius 1 is 1.07 bits per heavy atom. The van der Waals surface area contributed by atoms with E-state index in [9.17, 15) is 14.4 Å². The molecule has 0 aliphatic carbocycles. The number of hydrazine groups is 1. The van der Waals surface area contributed by atoms with Crippen molar-refractivity contribution in [2.45, 2.75) is 20.3 Å². The van der Waals surface area contributed by atoms with E-state index >= 15 is 0 Å². The van der Waals surface area contributed by atoms with Gasteiger partial charge in [-0.1, -0.05) is 6.92 Å². The first-order chi connectivity index (χ1) is 13.4. The third-order valence-corrected chi connectivity index (χ3v) is 6.03. The number of hydrogen-bond donors (Lipinski definition) is 3. The third-order valence-electron chi connectivity index (χ3n) is 3.72. The quantitative estimate of drug-likeness (QED) is 0.570. The second kappa shape index (κ2) is 10.7. The van der Waals surface area contributed by atoms with Crippen LogP contribution in [0.15, 0.2) is 30.3 Å². The fourth-order valence-electron chi connectivity index (χ4n) is 2.31. The molecule has 0 saturated heterocycles. The minimum Gasteiger partial charge on any atom is -0.497 e. The Morgan fingerprint density at radius 3 is 2.36 bits per heavy atom. The highest BCUT2D eigenvalue weighted by Crippen LogP contribution is 2.22. The van der Waals surface area contributed by atoms with Crippen molar-refractivity contribution >= 4 is 46.5 Å². The van der Waals surface area contributed by atoms with Gasteiger partial charge in [0.25, 0.3) is 5.91 Å². The summed E-state index contributed by atoms with van der Waals surface area (Å²) in [7, 11) is 1.57. The maximum Gasteiger partial charge on any atom is 0.279 e. The van der Waals surface area contributed by atoms with Crippen LogP contribution in [-0.4, -0.2) is 36.3 Å². The maximum absolute atomic E-state index is 12.1. The molecule has 0 atom stereocenters. The number of anilines is 1. The monoisotopic (exact) mass is 421 g/mol. The molecule has 0 aliphatic rings. The van der Waals surface area contributed by atoms with E-state index in [1.165, 1.54) is 11.3 Å². The highest BCUT2D eigenvalue weighted by Gasteiger charge is 2.13. The molecule has 3 amide bonds. The molecule has 0 fully saturated rings. The molecule has 7 nitrogen and oxygen atoms in total. The van der Waals surface area contributed by atoms with Crippen LogP contribution in [0.3, 0.4) is 0 Å². The van der Waals surface area contributed by atoms with Gasteiger partial charge < -0.3 is 10.1 Å². The lowest BCUT2D eigenvalue weighted by Crippen LogP contribution is -2.42. The number of aryl methyl sites for hydroxylation is 2. The fourth-order valence-corrected chi connectivity index (χ4v) is 3.94. The van der Waals surface area contributed by atoms with E-state index in [2.05, 4.69) is 16.2 Å². The maximum atomic E-state index is 12.1. The van der Waals surface area contributed by atoms with Crippen LogP contribution in [0.25, 0.3) is 0 Å². The summed E-state index contributed by atoms with van der Waals surface area (Å²) in [6.45, 7) is 3.99. The summed E-state index contributed by atoms with van der Waals surface area (Å²) in [4.78, 5) is 37.5. The second-order valence-electron chi connectivity index (χ2n) is 5.84. The van der Waals surface area contributed by atoms with Gasteiger partial charge >= 0.3 is 0 Å².